The van der Waals surface area contributed by atoms with Crippen LogP contribution >= 0.6 is 0 Å². The van der Waals surface area contributed by atoms with Gasteiger partial charge in [-0.15, -0.1) is 0 Å². The summed E-state index contributed by atoms with van der Waals surface area (Å²) in [5, 5.41) is 5.42. The fourth-order valence-electron chi connectivity index (χ4n) is 2.69. The van der Waals surface area contributed by atoms with Crippen LogP contribution in [0.3, 0.4) is 0 Å². The van der Waals surface area contributed by atoms with Gasteiger partial charge in [-0.05, 0) is 42.3 Å². The number of amides is 2. The molecule has 0 unspecified atom stereocenters. The second-order valence-electron chi connectivity index (χ2n) is 5.82. The summed E-state index contributed by atoms with van der Waals surface area (Å²) in [7, 11) is 1.43. The molecule has 2 aromatic carbocycles. The molecule has 0 bridgehead atoms. The van der Waals surface area contributed by atoms with Crippen LogP contribution in [0.2, 0.25) is 0 Å². The zero-order valence-corrected chi connectivity index (χ0v) is 14.3. The summed E-state index contributed by atoms with van der Waals surface area (Å²) in [6, 6.07) is 9.50. The third-order valence-corrected chi connectivity index (χ3v) is 4.05. The van der Waals surface area contributed by atoms with Gasteiger partial charge in [0.1, 0.15) is 23.9 Å². The van der Waals surface area contributed by atoms with E-state index in [0.29, 0.717) is 24.3 Å². The number of fused-ring (bicyclic) bond motifs is 1. The molecule has 3 rings (SSSR count). The minimum atomic E-state index is -0.639. The number of halogens is 1. The lowest BCUT2D eigenvalue weighted by molar-refractivity contribution is -0.116. The number of hydrogen-bond acceptors (Lipinski definition) is 4. The molecule has 2 N–H and O–H groups in total. The summed E-state index contributed by atoms with van der Waals surface area (Å²) in [5.74, 6) is -0.128. The number of benzene rings is 2. The Bertz CT molecular complexity index is 838. The van der Waals surface area contributed by atoms with Gasteiger partial charge in [0, 0.05) is 18.2 Å². The van der Waals surface area contributed by atoms with Crippen molar-refractivity contribution in [3.8, 4) is 11.5 Å². The van der Waals surface area contributed by atoms with Gasteiger partial charge in [0.25, 0.3) is 5.91 Å². The maximum Gasteiger partial charge on any atom is 0.254 e. The summed E-state index contributed by atoms with van der Waals surface area (Å²) >= 11 is 0. The van der Waals surface area contributed by atoms with E-state index in [1.54, 1.807) is 12.1 Å². The van der Waals surface area contributed by atoms with E-state index in [2.05, 4.69) is 10.6 Å². The molecule has 0 spiro atoms. The van der Waals surface area contributed by atoms with Crippen LogP contribution in [0.15, 0.2) is 36.4 Å². The molecule has 6 nitrogen and oxygen atoms in total. The monoisotopic (exact) mass is 358 g/mol. The van der Waals surface area contributed by atoms with Crippen LogP contribution < -0.4 is 20.1 Å². The first-order valence-corrected chi connectivity index (χ1v) is 8.24. The number of ether oxygens (including phenoxy) is 2. The highest BCUT2D eigenvalue weighted by Crippen LogP contribution is 2.26. The Morgan fingerprint density at radius 1 is 1.19 bits per heavy atom. The van der Waals surface area contributed by atoms with Gasteiger partial charge in [-0.2, -0.15) is 0 Å². The van der Waals surface area contributed by atoms with Crippen molar-refractivity contribution < 1.29 is 23.5 Å². The molecule has 0 atom stereocenters. The molecular formula is C19H19FN2O4. The Balaban J connectivity index is 1.50. The molecule has 0 aromatic heterocycles. The predicted octanol–water partition coefficient (Wildman–Crippen LogP) is 2.53. The number of carbonyl (C=O) groups is 2. The first-order valence-electron chi connectivity index (χ1n) is 8.24. The van der Waals surface area contributed by atoms with E-state index < -0.39 is 11.7 Å². The molecule has 26 heavy (non-hydrogen) atoms. The lowest BCUT2D eigenvalue weighted by Crippen LogP contribution is -2.28. The van der Waals surface area contributed by atoms with E-state index in [4.69, 9.17) is 9.47 Å². The minimum absolute atomic E-state index is 0.0136. The van der Waals surface area contributed by atoms with Gasteiger partial charge in [0.05, 0.1) is 19.2 Å². The van der Waals surface area contributed by atoms with Gasteiger partial charge in [0.15, 0.2) is 0 Å². The van der Waals surface area contributed by atoms with Crippen LogP contribution in [0.4, 0.5) is 10.1 Å². The van der Waals surface area contributed by atoms with Crippen LogP contribution in [0.1, 0.15) is 22.3 Å². The molecule has 0 saturated heterocycles. The lowest BCUT2D eigenvalue weighted by atomic mass is 10.0. The Hall–Kier alpha value is -3.09. The maximum absolute atomic E-state index is 13.8. The first-order chi connectivity index (χ1) is 12.6. The van der Waals surface area contributed by atoms with Gasteiger partial charge in [-0.25, -0.2) is 4.39 Å². The van der Waals surface area contributed by atoms with E-state index in [0.717, 1.165) is 17.3 Å². The van der Waals surface area contributed by atoms with E-state index in [9.17, 15) is 14.0 Å². The first kappa shape index (κ1) is 17.7. The maximum atomic E-state index is 13.8. The summed E-state index contributed by atoms with van der Waals surface area (Å²) in [5.41, 5.74) is 1.78. The Kier molecular flexibility index (Phi) is 5.36. The molecular weight excluding hydrogens is 339 g/mol. The zero-order chi connectivity index (χ0) is 18.5. The van der Waals surface area contributed by atoms with Crippen molar-refractivity contribution in [3.05, 3.63) is 53.3 Å². The van der Waals surface area contributed by atoms with Crippen molar-refractivity contribution in [2.24, 2.45) is 0 Å². The summed E-state index contributed by atoms with van der Waals surface area (Å²) in [4.78, 5) is 23.4. The van der Waals surface area contributed by atoms with Crippen molar-refractivity contribution in [1.29, 1.82) is 0 Å². The van der Waals surface area contributed by atoms with E-state index in [1.807, 2.05) is 6.07 Å². The SMILES string of the molecule is COc1ccc(C(=O)NCCOc2ccc3c(c2)CCC(=O)N3)c(F)c1. The molecule has 1 heterocycles. The van der Waals surface area contributed by atoms with Gasteiger partial charge >= 0.3 is 0 Å². The number of hydrogen-bond donors (Lipinski definition) is 2. The smallest absolute Gasteiger partial charge is 0.254 e. The summed E-state index contributed by atoms with van der Waals surface area (Å²) < 4.78 is 24.4. The van der Waals surface area contributed by atoms with Gasteiger partial charge in [-0.1, -0.05) is 0 Å². The molecule has 0 aliphatic carbocycles. The molecule has 1 aliphatic rings. The van der Waals surface area contributed by atoms with Crippen molar-refractivity contribution in [3.63, 3.8) is 0 Å². The highest BCUT2D eigenvalue weighted by Gasteiger charge is 2.15. The largest absolute Gasteiger partial charge is 0.497 e. The number of aryl methyl sites for hydroxylation is 1. The number of rotatable bonds is 6. The third-order valence-electron chi connectivity index (χ3n) is 4.05. The van der Waals surface area contributed by atoms with Gasteiger partial charge in [0.2, 0.25) is 5.91 Å². The third kappa shape index (κ3) is 4.11. The van der Waals surface area contributed by atoms with Crippen molar-refractivity contribution in [2.45, 2.75) is 12.8 Å². The number of methoxy groups -OCH3 is 1. The topological polar surface area (TPSA) is 76.7 Å². The van der Waals surface area contributed by atoms with E-state index in [1.165, 1.54) is 19.2 Å². The molecule has 2 amide bonds. The van der Waals surface area contributed by atoms with Crippen molar-refractivity contribution >= 4 is 17.5 Å². The average Bonchev–Trinajstić information content (AvgIpc) is 2.64. The van der Waals surface area contributed by atoms with E-state index in [-0.39, 0.29) is 24.6 Å². The zero-order valence-electron chi connectivity index (χ0n) is 14.3. The molecule has 136 valence electrons. The molecule has 0 saturated carbocycles. The van der Waals surface area contributed by atoms with Crippen LogP contribution in [-0.2, 0) is 11.2 Å². The second kappa shape index (κ2) is 7.86. The average molecular weight is 358 g/mol. The van der Waals surface area contributed by atoms with Gasteiger partial charge in [-0.3, -0.25) is 9.59 Å². The van der Waals surface area contributed by atoms with E-state index >= 15 is 0 Å². The van der Waals surface area contributed by atoms with Crippen LogP contribution in [0.25, 0.3) is 0 Å². The molecule has 7 heteroatoms. The predicted molar refractivity (Wildman–Crippen MR) is 94.2 cm³/mol. The number of nitrogens with one attached hydrogen (secondary N) is 2. The standard InChI is InChI=1S/C19H19FN2O4/c1-25-13-3-5-15(16(20)11-13)19(24)21-8-9-26-14-4-6-17-12(10-14)2-7-18(23)22-17/h3-6,10-11H,2,7-9H2,1H3,(H,21,24)(H,22,23). The Morgan fingerprint density at radius 2 is 2.00 bits per heavy atom. The van der Waals surface area contributed by atoms with Crippen molar-refractivity contribution in [2.75, 3.05) is 25.6 Å². The lowest BCUT2D eigenvalue weighted by Gasteiger charge is -2.17. The number of carbonyl (C=O) groups excluding carboxylic acids is 2. The minimum Gasteiger partial charge on any atom is -0.497 e. The molecule has 0 radical (unpaired) electrons. The molecule has 0 fully saturated rings. The highest BCUT2D eigenvalue weighted by atomic mass is 19.1. The Labute approximate surface area is 150 Å². The van der Waals surface area contributed by atoms with Crippen LogP contribution in [-0.4, -0.2) is 32.1 Å². The molecule has 2 aromatic rings. The Morgan fingerprint density at radius 3 is 2.77 bits per heavy atom. The van der Waals surface area contributed by atoms with Crippen LogP contribution in [0.5, 0.6) is 11.5 Å². The highest BCUT2D eigenvalue weighted by molar-refractivity contribution is 5.94. The number of anilines is 1. The summed E-state index contributed by atoms with van der Waals surface area (Å²) in [6.45, 7) is 0.479. The van der Waals surface area contributed by atoms with Crippen molar-refractivity contribution in [1.82, 2.24) is 5.32 Å². The van der Waals surface area contributed by atoms with Gasteiger partial charge < -0.3 is 20.1 Å². The van der Waals surface area contributed by atoms with Crippen LogP contribution in [0, 0.1) is 5.82 Å². The fourth-order valence-corrected chi connectivity index (χ4v) is 2.69. The fraction of sp³-hybridized carbons (Fsp3) is 0.263. The normalized spacial score (nSPS) is 12.8. The quantitative estimate of drug-likeness (QED) is 0.778. The summed E-state index contributed by atoms with van der Waals surface area (Å²) in [6.07, 6.45) is 1.13. The second-order valence-corrected chi connectivity index (χ2v) is 5.82. The molecule has 1 aliphatic heterocycles.